The monoisotopic (exact) mass is 300 g/mol. The Labute approximate surface area is 131 Å². The predicted molar refractivity (Wildman–Crippen MR) is 86.5 cm³/mol. The Kier molecular flexibility index (Phi) is 4.76. The van der Waals surface area contributed by atoms with Gasteiger partial charge in [0.25, 0.3) is 0 Å². The number of rotatable bonds is 5. The SMILES string of the molecule is O=C(CC1CCCC1)NC[C@H]1CC(=O)N(c2ccccc2)C1. The summed E-state index contributed by atoms with van der Waals surface area (Å²) in [6.45, 7) is 1.31. The molecule has 0 spiro atoms. The second kappa shape index (κ2) is 6.95. The zero-order valence-corrected chi connectivity index (χ0v) is 13.0. The first-order valence-electron chi connectivity index (χ1n) is 8.34. The Morgan fingerprint density at radius 1 is 1.14 bits per heavy atom. The maximum Gasteiger partial charge on any atom is 0.227 e. The Morgan fingerprint density at radius 3 is 2.59 bits per heavy atom. The Bertz CT molecular complexity index is 523. The molecule has 0 radical (unpaired) electrons. The van der Waals surface area contributed by atoms with Crippen LogP contribution in [0.25, 0.3) is 0 Å². The standard InChI is InChI=1S/C18H24N2O2/c21-17(10-14-6-4-5-7-14)19-12-15-11-18(22)20(13-15)16-8-2-1-3-9-16/h1-3,8-9,14-15H,4-7,10-13H2,(H,19,21)/t15-/m1/s1. The van der Waals surface area contributed by atoms with E-state index >= 15 is 0 Å². The van der Waals surface area contributed by atoms with Gasteiger partial charge in [-0.15, -0.1) is 0 Å². The number of para-hydroxylation sites is 1. The van der Waals surface area contributed by atoms with Crippen LogP contribution in [0, 0.1) is 11.8 Å². The third kappa shape index (κ3) is 3.67. The van der Waals surface area contributed by atoms with Gasteiger partial charge in [0.15, 0.2) is 0 Å². The summed E-state index contributed by atoms with van der Waals surface area (Å²) in [7, 11) is 0. The highest BCUT2D eigenvalue weighted by atomic mass is 16.2. The summed E-state index contributed by atoms with van der Waals surface area (Å²) in [5.41, 5.74) is 0.951. The molecule has 1 aromatic carbocycles. The average molecular weight is 300 g/mol. The Morgan fingerprint density at radius 2 is 1.86 bits per heavy atom. The lowest BCUT2D eigenvalue weighted by atomic mass is 10.0. The van der Waals surface area contributed by atoms with Crippen molar-refractivity contribution in [2.24, 2.45) is 11.8 Å². The van der Waals surface area contributed by atoms with E-state index in [4.69, 9.17) is 0 Å². The number of carbonyl (C=O) groups excluding carboxylic acids is 2. The molecule has 1 aromatic rings. The number of carbonyl (C=O) groups is 2. The quantitative estimate of drug-likeness (QED) is 0.909. The van der Waals surface area contributed by atoms with Gasteiger partial charge in [0.1, 0.15) is 0 Å². The van der Waals surface area contributed by atoms with Gasteiger partial charge in [0.2, 0.25) is 11.8 Å². The van der Waals surface area contributed by atoms with Crippen LogP contribution in [-0.2, 0) is 9.59 Å². The van der Waals surface area contributed by atoms with E-state index < -0.39 is 0 Å². The second-order valence-electron chi connectivity index (χ2n) is 6.57. The molecule has 1 aliphatic carbocycles. The Balaban J connectivity index is 1.46. The molecule has 1 saturated carbocycles. The number of hydrogen-bond donors (Lipinski definition) is 1. The smallest absolute Gasteiger partial charge is 0.227 e. The van der Waals surface area contributed by atoms with Crippen LogP contribution in [-0.4, -0.2) is 24.9 Å². The first-order chi connectivity index (χ1) is 10.7. The molecule has 4 heteroatoms. The minimum atomic E-state index is 0.150. The van der Waals surface area contributed by atoms with E-state index in [1.54, 1.807) is 0 Å². The fourth-order valence-electron chi connectivity index (χ4n) is 3.58. The van der Waals surface area contributed by atoms with Crippen molar-refractivity contribution in [1.29, 1.82) is 0 Å². The number of anilines is 1. The molecule has 1 heterocycles. The normalized spacial score (nSPS) is 22.3. The molecular formula is C18H24N2O2. The van der Waals surface area contributed by atoms with Crippen LogP contribution in [0.15, 0.2) is 30.3 Å². The van der Waals surface area contributed by atoms with Crippen molar-refractivity contribution in [2.45, 2.75) is 38.5 Å². The largest absolute Gasteiger partial charge is 0.356 e. The molecule has 0 bridgehead atoms. The van der Waals surface area contributed by atoms with E-state index in [2.05, 4.69) is 5.32 Å². The van der Waals surface area contributed by atoms with Gasteiger partial charge in [0.05, 0.1) is 0 Å². The molecule has 118 valence electrons. The van der Waals surface area contributed by atoms with Crippen LogP contribution in [0.5, 0.6) is 0 Å². The summed E-state index contributed by atoms with van der Waals surface area (Å²) >= 11 is 0. The number of nitrogens with one attached hydrogen (secondary N) is 1. The van der Waals surface area contributed by atoms with Crippen LogP contribution in [0.2, 0.25) is 0 Å². The van der Waals surface area contributed by atoms with Crippen molar-refractivity contribution in [3.05, 3.63) is 30.3 Å². The minimum absolute atomic E-state index is 0.150. The molecule has 0 unspecified atom stereocenters. The molecular weight excluding hydrogens is 276 g/mol. The van der Waals surface area contributed by atoms with Gasteiger partial charge in [-0.05, 0) is 30.9 Å². The lowest BCUT2D eigenvalue weighted by Crippen LogP contribution is -2.32. The van der Waals surface area contributed by atoms with Gasteiger partial charge in [-0.1, -0.05) is 31.0 Å². The molecule has 1 N–H and O–H groups in total. The molecule has 1 aliphatic heterocycles. The maximum absolute atomic E-state index is 12.1. The zero-order valence-electron chi connectivity index (χ0n) is 13.0. The molecule has 3 rings (SSSR count). The van der Waals surface area contributed by atoms with Crippen molar-refractivity contribution in [3.8, 4) is 0 Å². The Hall–Kier alpha value is -1.84. The second-order valence-corrected chi connectivity index (χ2v) is 6.57. The summed E-state index contributed by atoms with van der Waals surface area (Å²) < 4.78 is 0. The van der Waals surface area contributed by atoms with Crippen molar-refractivity contribution in [1.82, 2.24) is 5.32 Å². The van der Waals surface area contributed by atoms with Crippen LogP contribution >= 0.6 is 0 Å². The highest BCUT2D eigenvalue weighted by molar-refractivity contribution is 5.95. The summed E-state index contributed by atoms with van der Waals surface area (Å²) in [5.74, 6) is 1.10. The van der Waals surface area contributed by atoms with E-state index in [-0.39, 0.29) is 17.7 Å². The van der Waals surface area contributed by atoms with Crippen molar-refractivity contribution in [2.75, 3.05) is 18.0 Å². The summed E-state index contributed by atoms with van der Waals surface area (Å²) in [5, 5.41) is 3.03. The van der Waals surface area contributed by atoms with Gasteiger partial charge >= 0.3 is 0 Å². The average Bonchev–Trinajstić information content (AvgIpc) is 3.16. The predicted octanol–water partition coefficient (Wildman–Crippen LogP) is 2.74. The third-order valence-electron chi connectivity index (χ3n) is 4.81. The van der Waals surface area contributed by atoms with Gasteiger partial charge < -0.3 is 10.2 Å². The highest BCUT2D eigenvalue weighted by Crippen LogP contribution is 2.27. The van der Waals surface area contributed by atoms with E-state index in [1.165, 1.54) is 25.7 Å². The molecule has 2 aliphatic rings. The topological polar surface area (TPSA) is 49.4 Å². The lowest BCUT2D eigenvalue weighted by molar-refractivity contribution is -0.122. The van der Waals surface area contributed by atoms with Crippen molar-refractivity contribution in [3.63, 3.8) is 0 Å². The van der Waals surface area contributed by atoms with Crippen LogP contribution in [0.3, 0.4) is 0 Å². The number of nitrogens with zero attached hydrogens (tertiary/aromatic N) is 1. The van der Waals surface area contributed by atoms with Crippen LogP contribution in [0.1, 0.15) is 38.5 Å². The number of benzene rings is 1. The molecule has 22 heavy (non-hydrogen) atoms. The van der Waals surface area contributed by atoms with Gasteiger partial charge in [-0.3, -0.25) is 9.59 Å². The molecule has 0 aromatic heterocycles. The molecule has 2 amide bonds. The summed E-state index contributed by atoms with van der Waals surface area (Å²) in [6, 6.07) is 9.75. The van der Waals surface area contributed by atoms with Gasteiger partial charge in [-0.2, -0.15) is 0 Å². The molecule has 2 fully saturated rings. The molecule has 1 atom stereocenters. The summed E-state index contributed by atoms with van der Waals surface area (Å²) in [4.78, 5) is 25.9. The van der Waals surface area contributed by atoms with Crippen molar-refractivity contribution < 1.29 is 9.59 Å². The zero-order chi connectivity index (χ0) is 15.4. The fraction of sp³-hybridized carbons (Fsp3) is 0.556. The van der Waals surface area contributed by atoms with Gasteiger partial charge in [-0.25, -0.2) is 0 Å². The number of amides is 2. The molecule has 1 saturated heterocycles. The minimum Gasteiger partial charge on any atom is -0.356 e. The van der Waals surface area contributed by atoms with E-state index in [0.717, 1.165) is 5.69 Å². The first-order valence-corrected chi connectivity index (χ1v) is 8.34. The summed E-state index contributed by atoms with van der Waals surface area (Å²) in [6.07, 6.45) is 6.10. The van der Waals surface area contributed by atoms with Gasteiger partial charge in [0, 0.05) is 37.5 Å². The lowest BCUT2D eigenvalue weighted by Gasteiger charge is -2.17. The fourth-order valence-corrected chi connectivity index (χ4v) is 3.58. The third-order valence-corrected chi connectivity index (χ3v) is 4.81. The van der Waals surface area contributed by atoms with Crippen molar-refractivity contribution >= 4 is 17.5 Å². The van der Waals surface area contributed by atoms with E-state index in [9.17, 15) is 9.59 Å². The van der Waals surface area contributed by atoms with Crippen LogP contribution in [0.4, 0.5) is 5.69 Å². The van der Waals surface area contributed by atoms with Crippen LogP contribution < -0.4 is 10.2 Å². The van der Waals surface area contributed by atoms with E-state index in [1.807, 2.05) is 35.2 Å². The number of hydrogen-bond acceptors (Lipinski definition) is 2. The first kappa shape index (κ1) is 15.1. The molecule has 4 nitrogen and oxygen atoms in total. The maximum atomic E-state index is 12.1. The highest BCUT2D eigenvalue weighted by Gasteiger charge is 2.30. The van der Waals surface area contributed by atoms with E-state index in [0.29, 0.717) is 31.8 Å².